The molecule has 1 aliphatic rings. The Morgan fingerprint density at radius 2 is 2.14 bits per heavy atom. The van der Waals surface area contributed by atoms with Crippen LogP contribution < -0.4 is 0 Å². The van der Waals surface area contributed by atoms with E-state index in [0.717, 1.165) is 43.4 Å². The van der Waals surface area contributed by atoms with Gasteiger partial charge < -0.3 is 9.21 Å². The average molecular weight is 305 g/mol. The van der Waals surface area contributed by atoms with Gasteiger partial charge in [-0.25, -0.2) is 4.98 Å². The van der Waals surface area contributed by atoms with Crippen LogP contribution in [0.4, 0.5) is 0 Å². The van der Waals surface area contributed by atoms with E-state index >= 15 is 0 Å². The molecule has 1 atom stereocenters. The summed E-state index contributed by atoms with van der Waals surface area (Å²) in [6, 6.07) is 7.40. The van der Waals surface area contributed by atoms with Gasteiger partial charge in [-0.1, -0.05) is 18.0 Å². The third-order valence-corrected chi connectivity index (χ3v) is 4.08. The Morgan fingerprint density at radius 1 is 1.33 bits per heavy atom. The lowest BCUT2D eigenvalue weighted by atomic mass is 10.0. The highest BCUT2D eigenvalue weighted by Crippen LogP contribution is 2.23. The van der Waals surface area contributed by atoms with Crippen molar-refractivity contribution in [3.8, 4) is 11.5 Å². The minimum absolute atomic E-state index is 0.00873. The average Bonchev–Trinajstić information content (AvgIpc) is 2.97. The number of hydrogen-bond acceptors (Lipinski definition) is 4. The number of aromatic nitrogens is 1. The van der Waals surface area contributed by atoms with Crippen LogP contribution in [0.25, 0.3) is 11.5 Å². The standard InChI is InChI=1S/C16H17ClN2O2/c17-13-6-4-12(5-7-13)16-18-14(11-21-16)9-19-8-2-1-3-15(19)10-20/h4-7,10-11,15H,1-3,8-9H2. The Kier molecular flexibility index (Phi) is 4.36. The second-order valence-electron chi connectivity index (χ2n) is 5.32. The first kappa shape index (κ1) is 14.3. The molecule has 1 fully saturated rings. The third-order valence-electron chi connectivity index (χ3n) is 3.83. The van der Waals surface area contributed by atoms with Crippen LogP contribution in [0.2, 0.25) is 5.02 Å². The van der Waals surface area contributed by atoms with Crippen LogP contribution in [0.1, 0.15) is 25.0 Å². The highest BCUT2D eigenvalue weighted by atomic mass is 35.5. The molecular weight excluding hydrogens is 288 g/mol. The maximum Gasteiger partial charge on any atom is 0.226 e. The minimum Gasteiger partial charge on any atom is -0.444 e. The third kappa shape index (κ3) is 3.34. The van der Waals surface area contributed by atoms with Crippen molar-refractivity contribution in [2.45, 2.75) is 31.8 Å². The fourth-order valence-corrected chi connectivity index (χ4v) is 2.81. The van der Waals surface area contributed by atoms with E-state index in [2.05, 4.69) is 9.88 Å². The lowest BCUT2D eigenvalue weighted by Gasteiger charge is -2.31. The van der Waals surface area contributed by atoms with Crippen molar-refractivity contribution in [3.63, 3.8) is 0 Å². The van der Waals surface area contributed by atoms with Crippen molar-refractivity contribution in [1.29, 1.82) is 0 Å². The van der Waals surface area contributed by atoms with Gasteiger partial charge in [0.25, 0.3) is 0 Å². The van der Waals surface area contributed by atoms with Gasteiger partial charge in [0, 0.05) is 17.1 Å². The zero-order valence-corrected chi connectivity index (χ0v) is 12.4. The zero-order valence-electron chi connectivity index (χ0n) is 11.7. The molecule has 0 aliphatic carbocycles. The summed E-state index contributed by atoms with van der Waals surface area (Å²) >= 11 is 5.87. The molecule has 5 heteroatoms. The van der Waals surface area contributed by atoms with E-state index in [1.807, 2.05) is 24.3 Å². The Morgan fingerprint density at radius 3 is 2.90 bits per heavy atom. The van der Waals surface area contributed by atoms with E-state index in [0.29, 0.717) is 17.5 Å². The van der Waals surface area contributed by atoms with Crippen molar-refractivity contribution in [2.24, 2.45) is 0 Å². The van der Waals surface area contributed by atoms with E-state index in [1.165, 1.54) is 0 Å². The molecule has 0 N–H and O–H groups in total. The van der Waals surface area contributed by atoms with Crippen molar-refractivity contribution in [3.05, 3.63) is 41.2 Å². The number of benzene rings is 1. The van der Waals surface area contributed by atoms with E-state index in [1.54, 1.807) is 6.26 Å². The molecule has 0 bridgehead atoms. The van der Waals surface area contributed by atoms with Crippen LogP contribution in [0.15, 0.2) is 34.9 Å². The summed E-state index contributed by atoms with van der Waals surface area (Å²) < 4.78 is 5.53. The SMILES string of the molecule is O=CC1CCCCN1Cc1coc(-c2ccc(Cl)cc2)n1. The van der Waals surface area contributed by atoms with Crippen LogP contribution in [0, 0.1) is 0 Å². The highest BCUT2D eigenvalue weighted by Gasteiger charge is 2.22. The smallest absolute Gasteiger partial charge is 0.226 e. The molecule has 21 heavy (non-hydrogen) atoms. The van der Waals surface area contributed by atoms with E-state index < -0.39 is 0 Å². The first-order valence-electron chi connectivity index (χ1n) is 7.16. The monoisotopic (exact) mass is 304 g/mol. The Balaban J connectivity index is 1.72. The molecule has 1 aliphatic heterocycles. The fourth-order valence-electron chi connectivity index (χ4n) is 2.68. The van der Waals surface area contributed by atoms with Gasteiger partial charge in [-0.2, -0.15) is 0 Å². The molecule has 0 saturated carbocycles. The van der Waals surface area contributed by atoms with Crippen LogP contribution in [0.5, 0.6) is 0 Å². The van der Waals surface area contributed by atoms with Gasteiger partial charge in [0.2, 0.25) is 5.89 Å². The second kappa shape index (κ2) is 6.41. The van der Waals surface area contributed by atoms with Crippen molar-refractivity contribution < 1.29 is 9.21 Å². The summed E-state index contributed by atoms with van der Waals surface area (Å²) in [5.41, 5.74) is 1.75. The van der Waals surface area contributed by atoms with Gasteiger partial charge in [0.15, 0.2) is 0 Å². The first-order chi connectivity index (χ1) is 10.3. The number of carbonyl (C=O) groups is 1. The van der Waals surface area contributed by atoms with E-state index in [9.17, 15) is 4.79 Å². The molecule has 4 nitrogen and oxygen atoms in total. The quantitative estimate of drug-likeness (QED) is 0.810. The number of likely N-dealkylation sites (tertiary alicyclic amines) is 1. The summed E-state index contributed by atoms with van der Waals surface area (Å²) in [6.07, 6.45) is 5.89. The summed E-state index contributed by atoms with van der Waals surface area (Å²) in [5, 5.41) is 0.688. The Labute approximate surface area is 128 Å². The van der Waals surface area contributed by atoms with Gasteiger partial charge in [-0.3, -0.25) is 4.90 Å². The number of nitrogens with zero attached hydrogens (tertiary/aromatic N) is 2. The normalized spacial score (nSPS) is 19.6. The predicted octanol–water partition coefficient (Wildman–Crippen LogP) is 3.55. The van der Waals surface area contributed by atoms with Crippen molar-refractivity contribution in [2.75, 3.05) is 6.54 Å². The second-order valence-corrected chi connectivity index (χ2v) is 5.76. The maximum atomic E-state index is 11.1. The highest BCUT2D eigenvalue weighted by molar-refractivity contribution is 6.30. The van der Waals surface area contributed by atoms with Crippen LogP contribution >= 0.6 is 11.6 Å². The van der Waals surface area contributed by atoms with Gasteiger partial charge in [0.1, 0.15) is 12.5 Å². The predicted molar refractivity (Wildman–Crippen MR) is 81.1 cm³/mol. The van der Waals surface area contributed by atoms with Crippen molar-refractivity contribution >= 4 is 17.9 Å². The number of rotatable bonds is 4. The van der Waals surface area contributed by atoms with Crippen LogP contribution in [-0.2, 0) is 11.3 Å². The molecule has 0 radical (unpaired) electrons. The molecule has 1 aromatic heterocycles. The van der Waals surface area contributed by atoms with E-state index in [4.69, 9.17) is 16.0 Å². The number of hydrogen-bond donors (Lipinski definition) is 0. The number of carbonyl (C=O) groups excluding carboxylic acids is 1. The molecule has 1 saturated heterocycles. The number of oxazole rings is 1. The molecule has 0 amide bonds. The fraction of sp³-hybridized carbons (Fsp3) is 0.375. The van der Waals surface area contributed by atoms with Crippen LogP contribution in [0.3, 0.4) is 0 Å². The summed E-state index contributed by atoms with van der Waals surface area (Å²) in [6.45, 7) is 1.59. The molecule has 3 rings (SSSR count). The minimum atomic E-state index is 0.00873. The topological polar surface area (TPSA) is 46.3 Å². The maximum absolute atomic E-state index is 11.1. The molecular formula is C16H17ClN2O2. The number of halogens is 1. The lowest BCUT2D eigenvalue weighted by Crippen LogP contribution is -2.39. The molecule has 2 heterocycles. The summed E-state index contributed by atoms with van der Waals surface area (Å²) in [4.78, 5) is 17.8. The summed E-state index contributed by atoms with van der Waals surface area (Å²) in [5.74, 6) is 0.585. The van der Waals surface area contributed by atoms with Gasteiger partial charge in [0.05, 0.1) is 11.7 Å². The van der Waals surface area contributed by atoms with Gasteiger partial charge in [-0.15, -0.1) is 0 Å². The van der Waals surface area contributed by atoms with Crippen LogP contribution in [-0.4, -0.2) is 28.8 Å². The molecule has 0 spiro atoms. The molecule has 110 valence electrons. The number of aldehydes is 1. The molecule has 1 aromatic carbocycles. The largest absolute Gasteiger partial charge is 0.444 e. The van der Waals surface area contributed by atoms with E-state index in [-0.39, 0.29) is 6.04 Å². The summed E-state index contributed by atoms with van der Waals surface area (Å²) in [7, 11) is 0. The van der Waals surface area contributed by atoms with Gasteiger partial charge in [-0.05, 0) is 43.7 Å². The molecule has 1 unspecified atom stereocenters. The Hall–Kier alpha value is -1.65. The lowest BCUT2D eigenvalue weighted by molar-refractivity contribution is -0.113. The first-order valence-corrected chi connectivity index (χ1v) is 7.54. The molecule has 2 aromatic rings. The Bertz CT molecular complexity index is 609. The van der Waals surface area contributed by atoms with Crippen molar-refractivity contribution in [1.82, 2.24) is 9.88 Å². The zero-order chi connectivity index (χ0) is 14.7. The van der Waals surface area contributed by atoms with Gasteiger partial charge >= 0.3 is 0 Å². The number of piperidine rings is 1.